The fourth-order valence-electron chi connectivity index (χ4n) is 8.56. The monoisotopic (exact) mass is 964 g/mol. The fourth-order valence-corrected chi connectivity index (χ4v) is 9.30. The third kappa shape index (κ3) is 9.28. The smallest absolute Gasteiger partial charge is 0.329 e. The van der Waals surface area contributed by atoms with E-state index >= 15 is 8.78 Å². The van der Waals surface area contributed by atoms with E-state index < -0.39 is 46.1 Å². The second-order valence-electron chi connectivity index (χ2n) is 16.9. The molecule has 3 aliphatic heterocycles. The molecule has 1 atom stereocenters. The highest BCUT2D eigenvalue weighted by molar-refractivity contribution is 7.90. The highest BCUT2D eigenvalue weighted by atomic mass is 32.2. The number of ether oxygens (including phenoxy) is 1. The molecular weight excluding hydrogens is 919 g/mol. The summed E-state index contributed by atoms with van der Waals surface area (Å²) in [6, 6.07) is 11.1. The number of nitriles is 1. The number of hydrogen-bond acceptors (Lipinski definition) is 16. The second kappa shape index (κ2) is 18.9. The molecule has 3 fully saturated rings. The third-order valence-electron chi connectivity index (χ3n) is 12.6. The molecule has 1 unspecified atom stereocenters. The van der Waals surface area contributed by atoms with Crippen LogP contribution in [0.2, 0.25) is 0 Å². The van der Waals surface area contributed by atoms with Crippen LogP contribution in [0, 0.1) is 23.0 Å². The number of urea groups is 1. The van der Waals surface area contributed by atoms with Crippen molar-refractivity contribution in [1.29, 1.82) is 5.26 Å². The molecule has 0 saturated carbocycles. The molecule has 3 saturated heterocycles. The number of nitrogens with zero attached hydrogens (tertiary/aromatic N) is 12. The maximum absolute atomic E-state index is 15.7. The lowest BCUT2D eigenvalue weighted by Crippen LogP contribution is -2.52. The minimum absolute atomic E-state index is 0.0542. The molecule has 3 aromatic carbocycles. The van der Waals surface area contributed by atoms with Gasteiger partial charge in [-0.2, -0.15) is 15.1 Å². The molecule has 24 heteroatoms. The van der Waals surface area contributed by atoms with Crippen molar-refractivity contribution in [2.75, 3.05) is 78.8 Å². The summed E-state index contributed by atoms with van der Waals surface area (Å²) < 4.78 is 56.2. The third-order valence-corrected chi connectivity index (χ3v) is 13.9. The zero-order valence-corrected chi connectivity index (χ0v) is 38.5. The number of nitrogens with one attached hydrogen (secondary N) is 2. The maximum Gasteiger partial charge on any atom is 0.329 e. The first-order valence-electron chi connectivity index (χ1n) is 22.0. The first-order chi connectivity index (χ1) is 33.1. The van der Waals surface area contributed by atoms with Gasteiger partial charge in [0.05, 0.1) is 52.2 Å². The summed E-state index contributed by atoms with van der Waals surface area (Å²) >= 11 is -1.71. The highest BCUT2D eigenvalue weighted by Gasteiger charge is 2.38. The van der Waals surface area contributed by atoms with Gasteiger partial charge in [0, 0.05) is 78.3 Å². The molecule has 3 N–H and O–H groups in total. The predicted octanol–water partition coefficient (Wildman–Crippen LogP) is 3.46. The number of halogens is 2. The zero-order valence-electron chi connectivity index (χ0n) is 37.7. The number of amides is 4. The summed E-state index contributed by atoms with van der Waals surface area (Å²) in [6.07, 6.45) is 4.76. The topological polar surface area (TPSA) is 246 Å². The average Bonchev–Trinajstić information content (AvgIpc) is 3.66. The van der Waals surface area contributed by atoms with Crippen molar-refractivity contribution in [3.63, 3.8) is 0 Å². The SMILES string of the molecule is CCN(C)[S+]([O-])Nc1ccc(F)c(Oc2ccc3ncn(-c4cnc(N5CCN(C(=O)CC6(O)CCN(c7cc8c(cc7F)c(N7CCC(=O)NC7=O)nn8C)CC6)CC5)nc4)c(=O)c3c2)c1C#N. The number of carbonyl (C=O) groups is 3. The number of piperazine rings is 1. The van der Waals surface area contributed by atoms with Crippen molar-refractivity contribution < 1.29 is 37.6 Å². The Morgan fingerprint density at radius 3 is 2.42 bits per heavy atom. The van der Waals surface area contributed by atoms with Gasteiger partial charge < -0.3 is 29.1 Å². The Hall–Kier alpha value is -7.46. The second-order valence-corrected chi connectivity index (χ2v) is 18.3. The number of rotatable bonds is 12. The van der Waals surface area contributed by atoms with Crippen LogP contribution in [0.15, 0.2) is 66.0 Å². The number of hydrogen-bond donors (Lipinski definition) is 3. The summed E-state index contributed by atoms with van der Waals surface area (Å²) in [7, 11) is 3.31. The molecule has 358 valence electrons. The van der Waals surface area contributed by atoms with E-state index in [0.717, 1.165) is 6.07 Å². The Balaban J connectivity index is 0.803. The molecule has 0 aliphatic carbocycles. The van der Waals surface area contributed by atoms with Crippen LogP contribution in [0.1, 0.15) is 38.2 Å². The normalized spacial score (nSPS) is 16.8. The minimum atomic E-state index is -1.71. The van der Waals surface area contributed by atoms with Crippen molar-refractivity contribution >= 4 is 74.3 Å². The molecule has 6 aromatic rings. The molecule has 6 heterocycles. The molecule has 9 rings (SSSR count). The van der Waals surface area contributed by atoms with Crippen molar-refractivity contribution in [3.8, 4) is 23.3 Å². The van der Waals surface area contributed by atoms with E-state index in [1.165, 1.54) is 62.8 Å². The quantitative estimate of drug-likeness (QED) is 0.149. The molecule has 0 bridgehead atoms. The summed E-state index contributed by atoms with van der Waals surface area (Å²) in [4.78, 5) is 71.6. The van der Waals surface area contributed by atoms with E-state index in [0.29, 0.717) is 79.6 Å². The van der Waals surface area contributed by atoms with Gasteiger partial charge in [0.25, 0.3) is 5.56 Å². The Morgan fingerprint density at radius 1 is 0.986 bits per heavy atom. The van der Waals surface area contributed by atoms with Crippen LogP contribution in [0.5, 0.6) is 11.5 Å². The van der Waals surface area contributed by atoms with Gasteiger partial charge in [-0.1, -0.05) is 0 Å². The molecule has 4 amide bonds. The van der Waals surface area contributed by atoms with Crippen molar-refractivity contribution in [3.05, 3.63) is 88.7 Å². The lowest BCUT2D eigenvalue weighted by Gasteiger charge is -2.41. The summed E-state index contributed by atoms with van der Waals surface area (Å²) in [5.74, 6) is -1.67. The van der Waals surface area contributed by atoms with E-state index in [-0.39, 0.29) is 72.2 Å². The minimum Gasteiger partial charge on any atom is -0.573 e. The van der Waals surface area contributed by atoms with Gasteiger partial charge in [-0.3, -0.25) is 33.8 Å². The van der Waals surface area contributed by atoms with Gasteiger partial charge in [-0.05, 0) is 62.2 Å². The van der Waals surface area contributed by atoms with Crippen LogP contribution < -0.4 is 35.0 Å². The first kappa shape index (κ1) is 46.6. The Morgan fingerprint density at radius 2 is 1.72 bits per heavy atom. The molecule has 69 heavy (non-hydrogen) atoms. The van der Waals surface area contributed by atoms with E-state index in [1.807, 2.05) is 15.9 Å². The molecule has 0 spiro atoms. The number of imide groups is 1. The number of benzene rings is 3. The van der Waals surface area contributed by atoms with Crippen LogP contribution in [0.3, 0.4) is 0 Å². The van der Waals surface area contributed by atoms with Crippen molar-refractivity contribution in [1.82, 2.24) is 43.8 Å². The van der Waals surface area contributed by atoms with Crippen molar-refractivity contribution in [2.45, 2.75) is 38.2 Å². The summed E-state index contributed by atoms with van der Waals surface area (Å²) in [5, 5.41) is 28.7. The number of aryl methyl sites for hydroxylation is 1. The van der Waals surface area contributed by atoms with E-state index in [9.17, 15) is 34.1 Å². The van der Waals surface area contributed by atoms with Gasteiger partial charge in [0.1, 0.15) is 35.2 Å². The predicted molar refractivity (Wildman–Crippen MR) is 250 cm³/mol. The number of anilines is 4. The molecule has 21 nitrogen and oxygen atoms in total. The van der Waals surface area contributed by atoms with Gasteiger partial charge in [0.15, 0.2) is 28.9 Å². The van der Waals surface area contributed by atoms with E-state index in [1.54, 1.807) is 36.7 Å². The number of aliphatic hydroxyl groups is 1. The Kier molecular flexibility index (Phi) is 12.8. The maximum atomic E-state index is 15.7. The van der Waals surface area contributed by atoms with Crippen LogP contribution >= 0.6 is 0 Å². The van der Waals surface area contributed by atoms with Gasteiger partial charge >= 0.3 is 6.03 Å². The molecule has 3 aliphatic rings. The van der Waals surface area contributed by atoms with Crippen molar-refractivity contribution in [2.24, 2.45) is 7.05 Å². The van der Waals surface area contributed by atoms with Crippen LogP contribution in [0.4, 0.5) is 36.7 Å². The zero-order chi connectivity index (χ0) is 48.7. The highest BCUT2D eigenvalue weighted by Crippen LogP contribution is 2.37. The number of carbonyl (C=O) groups excluding carboxylic acids is 3. The lowest BCUT2D eigenvalue weighted by molar-refractivity contribution is -0.137. The standard InChI is InChI=1S/C45H46F2N14O7S/c1-4-55(2)69(67)54-35-8-6-32(46)40(31(35)23-48)68-28-5-7-34-29(19-28)42(64)61(26-51-34)27-24-49-43(50-25-27)59-17-15-58(16-18-59)39(63)22-45(66)10-13-57(14-11-45)37-21-36-30(20-33(37)47)41(53-56(36)3)60-12-9-38(62)52-44(60)65/h5-8,19-21,24-26,54,66H,4,9-18,22H2,1-3H3,(H,52,62,65). The Bertz CT molecular complexity index is 3100. The largest absolute Gasteiger partial charge is 0.573 e. The fraction of sp³-hybridized carbons (Fsp3) is 0.356. The van der Waals surface area contributed by atoms with Crippen LogP contribution in [-0.4, -0.2) is 131 Å². The summed E-state index contributed by atoms with van der Waals surface area (Å²) in [6.45, 7) is 4.51. The number of piperidine rings is 1. The van der Waals surface area contributed by atoms with Gasteiger partial charge in [0.2, 0.25) is 17.8 Å². The van der Waals surface area contributed by atoms with Gasteiger partial charge in [-0.25, -0.2) is 28.5 Å². The summed E-state index contributed by atoms with van der Waals surface area (Å²) in [5.41, 5.74) is -0.339. The average molecular weight is 965 g/mol. The van der Waals surface area contributed by atoms with Crippen LogP contribution in [0.25, 0.3) is 27.5 Å². The first-order valence-corrected chi connectivity index (χ1v) is 23.2. The molecular formula is C45H46F2N14O7S. The Labute approximate surface area is 395 Å². The lowest BCUT2D eigenvalue weighted by atomic mass is 9.87. The van der Waals surface area contributed by atoms with Gasteiger partial charge in [-0.15, -0.1) is 4.31 Å². The van der Waals surface area contributed by atoms with E-state index in [4.69, 9.17) is 4.74 Å². The number of aromatic nitrogens is 6. The molecule has 3 aromatic heterocycles. The van der Waals surface area contributed by atoms with Crippen LogP contribution in [-0.2, 0) is 28.2 Å². The van der Waals surface area contributed by atoms with E-state index in [2.05, 4.69) is 30.1 Å². The number of fused-ring (bicyclic) bond motifs is 2. The molecule has 0 radical (unpaired) electrons.